The van der Waals surface area contributed by atoms with Gasteiger partial charge in [0.25, 0.3) is 5.91 Å². The van der Waals surface area contributed by atoms with Crippen molar-refractivity contribution in [1.29, 1.82) is 0 Å². The molecule has 0 aliphatic carbocycles. The van der Waals surface area contributed by atoms with Gasteiger partial charge in [-0.1, -0.05) is 12.1 Å². The summed E-state index contributed by atoms with van der Waals surface area (Å²) in [5.74, 6) is -0.159. The van der Waals surface area contributed by atoms with Gasteiger partial charge in [-0.3, -0.25) is 24.3 Å². The maximum atomic E-state index is 13.2. The van der Waals surface area contributed by atoms with Gasteiger partial charge < -0.3 is 10.2 Å². The molecule has 31 heavy (non-hydrogen) atoms. The van der Waals surface area contributed by atoms with Crippen LogP contribution in [0.15, 0.2) is 30.3 Å². The largest absolute Gasteiger partial charge is 0.324 e. The lowest BCUT2D eigenvalue weighted by Gasteiger charge is -2.48. The number of para-hydroxylation sites is 1. The number of anilines is 2. The molecule has 0 spiro atoms. The number of nitrogens with one attached hydrogen (secondary N) is 1. The number of aromatic nitrogens is 1. The van der Waals surface area contributed by atoms with E-state index in [1.807, 2.05) is 52.0 Å². The summed E-state index contributed by atoms with van der Waals surface area (Å²) in [6.07, 6.45) is 1.79. The Morgan fingerprint density at radius 2 is 1.94 bits per heavy atom. The fourth-order valence-electron chi connectivity index (χ4n) is 4.85. The summed E-state index contributed by atoms with van der Waals surface area (Å²) in [6, 6.07) is 9.20. The van der Waals surface area contributed by atoms with E-state index in [4.69, 9.17) is 0 Å². The van der Waals surface area contributed by atoms with E-state index in [0.717, 1.165) is 22.6 Å². The van der Waals surface area contributed by atoms with Crippen LogP contribution < -0.4 is 10.2 Å². The lowest BCUT2D eigenvalue weighted by atomic mass is 9.98. The van der Waals surface area contributed by atoms with Gasteiger partial charge in [0.15, 0.2) is 0 Å². The van der Waals surface area contributed by atoms with Crippen LogP contribution in [0.2, 0.25) is 0 Å². The minimum atomic E-state index is -0.687. The highest BCUT2D eigenvalue weighted by atomic mass is 16.2. The average molecular weight is 421 g/mol. The zero-order valence-electron chi connectivity index (χ0n) is 18.5. The fraction of sp³-hybridized carbons (Fsp3) is 0.417. The summed E-state index contributed by atoms with van der Waals surface area (Å²) in [7, 11) is 0. The molecular weight excluding hydrogens is 392 g/mol. The second-order valence-electron chi connectivity index (χ2n) is 8.61. The Balaban J connectivity index is 1.47. The van der Waals surface area contributed by atoms with Crippen LogP contribution in [0, 0.1) is 20.8 Å². The van der Waals surface area contributed by atoms with Gasteiger partial charge in [-0.15, -0.1) is 0 Å². The molecule has 1 aromatic heterocycles. The summed E-state index contributed by atoms with van der Waals surface area (Å²) >= 11 is 0. The second-order valence-corrected chi connectivity index (χ2v) is 8.61. The molecule has 7 nitrogen and oxygen atoms in total. The molecule has 1 saturated heterocycles. The van der Waals surface area contributed by atoms with E-state index in [-0.39, 0.29) is 24.1 Å². The van der Waals surface area contributed by atoms with Crippen LogP contribution >= 0.6 is 0 Å². The zero-order valence-corrected chi connectivity index (χ0v) is 18.5. The molecule has 1 fully saturated rings. The third-order valence-electron chi connectivity index (χ3n) is 6.32. The summed E-state index contributed by atoms with van der Waals surface area (Å²) in [5, 5.41) is 2.96. The molecule has 2 aliphatic rings. The third-order valence-corrected chi connectivity index (χ3v) is 6.32. The van der Waals surface area contributed by atoms with Crippen LogP contribution in [0.25, 0.3) is 0 Å². The molecule has 0 saturated carbocycles. The Morgan fingerprint density at radius 1 is 1.19 bits per heavy atom. The van der Waals surface area contributed by atoms with E-state index in [1.165, 1.54) is 0 Å². The smallest absolute Gasteiger partial charge is 0.257 e. The molecule has 4 rings (SSSR count). The van der Waals surface area contributed by atoms with Crippen LogP contribution in [0.4, 0.5) is 11.4 Å². The van der Waals surface area contributed by atoms with Gasteiger partial charge in [-0.2, -0.15) is 0 Å². The number of rotatable bonds is 5. The number of nitrogens with zero attached hydrogens (tertiary/aromatic N) is 3. The van der Waals surface area contributed by atoms with Gasteiger partial charge in [-0.05, 0) is 64.3 Å². The second kappa shape index (κ2) is 7.80. The quantitative estimate of drug-likeness (QED) is 0.799. The highest BCUT2D eigenvalue weighted by molar-refractivity contribution is 6.10. The maximum absolute atomic E-state index is 13.2. The monoisotopic (exact) mass is 420 g/mol. The van der Waals surface area contributed by atoms with Crippen molar-refractivity contribution in [3.63, 3.8) is 0 Å². The Hall–Kier alpha value is -3.22. The lowest BCUT2D eigenvalue weighted by molar-refractivity contribution is -0.118. The van der Waals surface area contributed by atoms with E-state index in [2.05, 4.69) is 10.3 Å². The van der Waals surface area contributed by atoms with E-state index in [9.17, 15) is 14.4 Å². The van der Waals surface area contributed by atoms with Gasteiger partial charge in [-0.25, -0.2) is 0 Å². The van der Waals surface area contributed by atoms with Crippen molar-refractivity contribution >= 4 is 29.1 Å². The number of pyridine rings is 1. The average Bonchev–Trinajstić information content (AvgIpc) is 3.02. The van der Waals surface area contributed by atoms with Crippen LogP contribution in [-0.4, -0.2) is 39.8 Å². The summed E-state index contributed by atoms with van der Waals surface area (Å²) in [5.41, 5.74) is 3.97. The molecule has 3 heterocycles. The molecule has 0 bridgehead atoms. The number of aryl methyl sites for hydroxylation is 3. The summed E-state index contributed by atoms with van der Waals surface area (Å²) < 4.78 is 0. The van der Waals surface area contributed by atoms with Gasteiger partial charge in [0.2, 0.25) is 11.8 Å². The third kappa shape index (κ3) is 3.58. The van der Waals surface area contributed by atoms with Gasteiger partial charge in [0.1, 0.15) is 5.66 Å². The molecule has 162 valence electrons. The highest BCUT2D eigenvalue weighted by Gasteiger charge is 2.52. The minimum Gasteiger partial charge on any atom is -0.324 e. The molecule has 0 radical (unpaired) electrons. The normalized spacial score (nSPS) is 20.0. The molecule has 7 heteroatoms. The van der Waals surface area contributed by atoms with Crippen molar-refractivity contribution < 1.29 is 14.4 Å². The Bertz CT molecular complexity index is 1060. The first kappa shape index (κ1) is 21.0. The zero-order chi connectivity index (χ0) is 22.3. The molecule has 1 aromatic carbocycles. The van der Waals surface area contributed by atoms with Crippen molar-refractivity contribution in [3.8, 4) is 0 Å². The van der Waals surface area contributed by atoms with Crippen LogP contribution in [-0.2, 0) is 9.59 Å². The number of benzene rings is 1. The van der Waals surface area contributed by atoms with Gasteiger partial charge in [0, 0.05) is 25.1 Å². The maximum Gasteiger partial charge on any atom is 0.257 e. The SMILES string of the molecule is Cc1cc(C)c(NC(=O)CCCN2C(=O)c3ccccc3N3C(=O)CCC23C)c(C)n1. The van der Waals surface area contributed by atoms with Crippen molar-refractivity contribution in [1.82, 2.24) is 9.88 Å². The number of hydrogen-bond acceptors (Lipinski definition) is 4. The number of carbonyl (C=O) groups is 3. The molecule has 2 aliphatic heterocycles. The van der Waals surface area contributed by atoms with E-state index in [0.29, 0.717) is 37.1 Å². The van der Waals surface area contributed by atoms with E-state index >= 15 is 0 Å². The highest BCUT2D eigenvalue weighted by Crippen LogP contribution is 2.44. The lowest BCUT2D eigenvalue weighted by Crippen LogP contribution is -2.62. The first-order chi connectivity index (χ1) is 14.7. The first-order valence-electron chi connectivity index (χ1n) is 10.7. The van der Waals surface area contributed by atoms with Crippen molar-refractivity contribution in [3.05, 3.63) is 52.8 Å². The molecule has 1 atom stereocenters. The predicted octanol–water partition coefficient (Wildman–Crippen LogP) is 3.72. The van der Waals surface area contributed by atoms with Crippen LogP contribution in [0.1, 0.15) is 59.9 Å². The first-order valence-corrected chi connectivity index (χ1v) is 10.7. The van der Waals surface area contributed by atoms with Crippen LogP contribution in [0.5, 0.6) is 0 Å². The van der Waals surface area contributed by atoms with Crippen LogP contribution in [0.3, 0.4) is 0 Å². The van der Waals surface area contributed by atoms with E-state index in [1.54, 1.807) is 15.9 Å². The summed E-state index contributed by atoms with van der Waals surface area (Å²) in [6.45, 7) is 8.11. The number of amides is 3. The van der Waals surface area contributed by atoms with Crippen molar-refractivity contribution in [2.45, 2.75) is 59.0 Å². The Morgan fingerprint density at radius 3 is 2.68 bits per heavy atom. The van der Waals surface area contributed by atoms with Crippen molar-refractivity contribution in [2.24, 2.45) is 0 Å². The molecular formula is C24H28N4O3. The van der Waals surface area contributed by atoms with Gasteiger partial charge in [0.05, 0.1) is 22.6 Å². The topological polar surface area (TPSA) is 82.6 Å². The molecule has 1 N–H and O–H groups in total. The number of carbonyl (C=O) groups excluding carboxylic acids is 3. The molecule has 3 amide bonds. The minimum absolute atomic E-state index is 0.0306. The predicted molar refractivity (Wildman–Crippen MR) is 119 cm³/mol. The number of fused-ring (bicyclic) bond motifs is 3. The Kier molecular flexibility index (Phi) is 5.29. The molecule has 2 aromatic rings. The summed E-state index contributed by atoms with van der Waals surface area (Å²) in [4.78, 5) is 46.4. The number of hydrogen-bond donors (Lipinski definition) is 1. The van der Waals surface area contributed by atoms with E-state index < -0.39 is 5.66 Å². The molecule has 1 unspecified atom stereocenters. The fourth-order valence-corrected chi connectivity index (χ4v) is 4.85. The van der Waals surface area contributed by atoms with Crippen molar-refractivity contribution in [2.75, 3.05) is 16.8 Å². The standard InChI is InChI=1S/C24H28N4O3/c1-15-14-16(2)25-17(3)22(15)26-20(29)10-7-13-27-23(31)18-8-5-6-9-19(18)28-21(30)11-12-24(27,28)4/h5-6,8-9,14H,7,10-13H2,1-4H3,(H,26,29). The van der Waals surface area contributed by atoms with Gasteiger partial charge >= 0.3 is 0 Å². The Labute approximate surface area is 182 Å².